The molecule has 0 aliphatic carbocycles. The number of hydrazine groups is 1. The molecule has 2 rings (SSSR count). The van der Waals surface area contributed by atoms with Crippen LogP contribution in [-0.4, -0.2) is 48.4 Å². The molecule has 0 atom stereocenters. The summed E-state index contributed by atoms with van der Waals surface area (Å²) < 4.78 is 0. The van der Waals surface area contributed by atoms with Crippen molar-refractivity contribution in [3.63, 3.8) is 0 Å². The number of likely N-dealkylation sites (N-methyl/N-ethyl adjacent to an activating group) is 1. The van der Waals surface area contributed by atoms with Crippen molar-refractivity contribution in [2.24, 2.45) is 5.84 Å². The summed E-state index contributed by atoms with van der Waals surface area (Å²) in [5.74, 6) is 4.92. The van der Waals surface area contributed by atoms with Crippen LogP contribution in [0.4, 0.5) is 0 Å². The van der Waals surface area contributed by atoms with Crippen LogP contribution in [0.2, 0.25) is 0 Å². The van der Waals surface area contributed by atoms with Crippen LogP contribution < -0.4 is 11.3 Å². The van der Waals surface area contributed by atoms with Gasteiger partial charge in [0.2, 0.25) is 0 Å². The zero-order valence-corrected chi connectivity index (χ0v) is 11.4. The molecule has 19 heavy (non-hydrogen) atoms. The molecule has 1 saturated heterocycles. The number of nitrogens with one attached hydrogen (secondary N) is 1. The van der Waals surface area contributed by atoms with Crippen molar-refractivity contribution in [3.05, 3.63) is 35.4 Å². The fraction of sp³-hybridized carbons (Fsp3) is 0.500. The molecule has 3 N–H and O–H groups in total. The molecule has 0 radical (unpaired) electrons. The first-order valence-corrected chi connectivity index (χ1v) is 6.77. The Kier molecular flexibility index (Phi) is 4.90. The Labute approximate surface area is 114 Å². The van der Waals surface area contributed by atoms with Gasteiger partial charge in [0, 0.05) is 38.3 Å². The van der Waals surface area contributed by atoms with E-state index in [1.807, 2.05) is 12.1 Å². The van der Waals surface area contributed by atoms with Gasteiger partial charge in [-0.2, -0.15) is 0 Å². The van der Waals surface area contributed by atoms with E-state index >= 15 is 0 Å². The zero-order chi connectivity index (χ0) is 13.7. The van der Waals surface area contributed by atoms with Crippen molar-refractivity contribution in [1.29, 1.82) is 0 Å². The number of hydrogen-bond acceptors (Lipinski definition) is 4. The number of nitrogens with two attached hydrogens (primary N) is 1. The third kappa shape index (κ3) is 3.76. The van der Waals surface area contributed by atoms with Crippen LogP contribution in [0.25, 0.3) is 0 Å². The van der Waals surface area contributed by atoms with Gasteiger partial charge >= 0.3 is 0 Å². The molecular weight excluding hydrogens is 240 g/mol. The Hall–Kier alpha value is -1.43. The quantitative estimate of drug-likeness (QED) is 0.469. The Morgan fingerprint density at radius 2 is 1.95 bits per heavy atom. The molecule has 104 valence electrons. The summed E-state index contributed by atoms with van der Waals surface area (Å²) in [5.41, 5.74) is 3.94. The van der Waals surface area contributed by atoms with Gasteiger partial charge in [0.1, 0.15) is 0 Å². The van der Waals surface area contributed by atoms with E-state index in [0.717, 1.165) is 44.8 Å². The number of piperazine rings is 1. The maximum Gasteiger partial charge on any atom is 0.265 e. The number of carbonyl (C=O) groups is 1. The number of carbonyl (C=O) groups excluding carboxylic acids is 1. The van der Waals surface area contributed by atoms with Gasteiger partial charge in [-0.25, -0.2) is 5.84 Å². The summed E-state index contributed by atoms with van der Waals surface area (Å²) >= 11 is 0. The van der Waals surface area contributed by atoms with E-state index in [0.29, 0.717) is 5.56 Å². The van der Waals surface area contributed by atoms with Crippen LogP contribution in [0.5, 0.6) is 0 Å². The standard InChI is InChI=1S/C14H22N4O/c1-2-17-6-8-18(9-7-17)11-12-4-3-5-13(10-12)14(19)16-15/h3-5,10H,2,6-9,11,15H2,1H3,(H,16,19). The molecule has 1 aliphatic heterocycles. The second kappa shape index (κ2) is 6.65. The van der Waals surface area contributed by atoms with Gasteiger partial charge in [0.15, 0.2) is 0 Å². The number of hydrogen-bond donors (Lipinski definition) is 2. The van der Waals surface area contributed by atoms with Crippen LogP contribution in [0.1, 0.15) is 22.8 Å². The minimum absolute atomic E-state index is 0.238. The van der Waals surface area contributed by atoms with Gasteiger partial charge in [-0.15, -0.1) is 0 Å². The van der Waals surface area contributed by atoms with E-state index in [4.69, 9.17) is 5.84 Å². The first-order chi connectivity index (χ1) is 9.22. The van der Waals surface area contributed by atoms with Crippen molar-refractivity contribution in [3.8, 4) is 0 Å². The van der Waals surface area contributed by atoms with E-state index in [1.54, 1.807) is 6.07 Å². The van der Waals surface area contributed by atoms with E-state index in [2.05, 4.69) is 28.2 Å². The topological polar surface area (TPSA) is 61.6 Å². The highest BCUT2D eigenvalue weighted by atomic mass is 16.2. The molecule has 1 aliphatic rings. The van der Waals surface area contributed by atoms with E-state index in [9.17, 15) is 4.79 Å². The van der Waals surface area contributed by atoms with Crippen LogP contribution >= 0.6 is 0 Å². The molecule has 5 heteroatoms. The van der Waals surface area contributed by atoms with E-state index < -0.39 is 0 Å². The maximum absolute atomic E-state index is 11.5. The van der Waals surface area contributed by atoms with Gasteiger partial charge in [0.05, 0.1) is 0 Å². The molecule has 1 heterocycles. The lowest BCUT2D eigenvalue weighted by molar-refractivity contribution is 0.0953. The van der Waals surface area contributed by atoms with Crippen LogP contribution in [0.15, 0.2) is 24.3 Å². The summed E-state index contributed by atoms with van der Waals surface area (Å²) in [6, 6.07) is 7.65. The molecule has 5 nitrogen and oxygen atoms in total. The highest BCUT2D eigenvalue weighted by molar-refractivity contribution is 5.93. The summed E-state index contributed by atoms with van der Waals surface area (Å²) in [6.45, 7) is 8.63. The Bertz CT molecular complexity index is 427. The molecule has 0 saturated carbocycles. The SMILES string of the molecule is CCN1CCN(Cc2cccc(C(=O)NN)c2)CC1. The number of nitrogens with zero attached hydrogens (tertiary/aromatic N) is 2. The Balaban J connectivity index is 1.94. The van der Waals surface area contributed by atoms with Crippen molar-refractivity contribution in [1.82, 2.24) is 15.2 Å². The maximum atomic E-state index is 11.5. The minimum atomic E-state index is -0.238. The fourth-order valence-electron chi connectivity index (χ4n) is 2.42. The number of amides is 1. The van der Waals surface area contributed by atoms with E-state index in [-0.39, 0.29) is 5.91 Å². The van der Waals surface area contributed by atoms with Gasteiger partial charge in [-0.3, -0.25) is 15.1 Å². The molecule has 0 aromatic heterocycles. The highest BCUT2D eigenvalue weighted by Crippen LogP contribution is 2.10. The Morgan fingerprint density at radius 3 is 2.58 bits per heavy atom. The van der Waals surface area contributed by atoms with Crippen molar-refractivity contribution < 1.29 is 4.79 Å². The smallest absolute Gasteiger partial charge is 0.265 e. The first-order valence-electron chi connectivity index (χ1n) is 6.77. The van der Waals surface area contributed by atoms with Crippen LogP contribution in [0.3, 0.4) is 0 Å². The Morgan fingerprint density at radius 1 is 1.26 bits per heavy atom. The lowest BCUT2D eigenvalue weighted by atomic mass is 10.1. The predicted octanol–water partition coefficient (Wildman–Crippen LogP) is 0.428. The molecule has 0 unspecified atom stereocenters. The molecule has 1 aromatic carbocycles. The molecule has 1 aromatic rings. The molecule has 1 amide bonds. The third-order valence-electron chi connectivity index (χ3n) is 3.64. The third-order valence-corrected chi connectivity index (χ3v) is 3.64. The summed E-state index contributed by atoms with van der Waals surface area (Å²) in [6.07, 6.45) is 0. The minimum Gasteiger partial charge on any atom is -0.301 e. The van der Waals surface area contributed by atoms with Crippen molar-refractivity contribution in [2.45, 2.75) is 13.5 Å². The average Bonchev–Trinajstić information content (AvgIpc) is 2.47. The summed E-state index contributed by atoms with van der Waals surface area (Å²) in [4.78, 5) is 16.4. The second-order valence-corrected chi connectivity index (χ2v) is 4.88. The lowest BCUT2D eigenvalue weighted by Gasteiger charge is -2.34. The summed E-state index contributed by atoms with van der Waals surface area (Å²) in [7, 11) is 0. The number of nitrogen functional groups attached to an aromatic ring is 1. The van der Waals surface area contributed by atoms with Crippen molar-refractivity contribution in [2.75, 3.05) is 32.7 Å². The van der Waals surface area contributed by atoms with Gasteiger partial charge in [-0.05, 0) is 24.2 Å². The molecule has 0 bridgehead atoms. The lowest BCUT2D eigenvalue weighted by Crippen LogP contribution is -2.45. The molecule has 0 spiro atoms. The monoisotopic (exact) mass is 262 g/mol. The average molecular weight is 262 g/mol. The van der Waals surface area contributed by atoms with Gasteiger partial charge < -0.3 is 4.90 Å². The van der Waals surface area contributed by atoms with Crippen molar-refractivity contribution >= 4 is 5.91 Å². The van der Waals surface area contributed by atoms with Gasteiger partial charge in [-0.1, -0.05) is 19.1 Å². The number of rotatable bonds is 4. The predicted molar refractivity (Wildman–Crippen MR) is 75.5 cm³/mol. The zero-order valence-electron chi connectivity index (χ0n) is 11.4. The molecule has 1 fully saturated rings. The number of benzene rings is 1. The normalized spacial score (nSPS) is 17.4. The van der Waals surface area contributed by atoms with Crippen LogP contribution in [0, 0.1) is 0 Å². The highest BCUT2D eigenvalue weighted by Gasteiger charge is 2.15. The largest absolute Gasteiger partial charge is 0.301 e. The molecular formula is C14H22N4O. The summed E-state index contributed by atoms with van der Waals surface area (Å²) in [5, 5.41) is 0. The second-order valence-electron chi connectivity index (χ2n) is 4.88. The van der Waals surface area contributed by atoms with E-state index in [1.165, 1.54) is 0 Å². The van der Waals surface area contributed by atoms with Gasteiger partial charge in [0.25, 0.3) is 5.91 Å². The van der Waals surface area contributed by atoms with Crippen LogP contribution in [-0.2, 0) is 6.54 Å². The fourth-order valence-corrected chi connectivity index (χ4v) is 2.42. The first kappa shape index (κ1) is 14.0.